The standard InChI is InChI=1S/C17H20Br2N2/c1-21(2)12-15-6-4-3-5-14(15)11-20-10-13-7-8-16(18)17(19)9-13/h3-9,20H,10-12H2,1-2H3. The van der Waals surface area contributed by atoms with E-state index in [1.54, 1.807) is 0 Å². The molecular weight excluding hydrogens is 392 g/mol. The third-order valence-corrected chi connectivity index (χ3v) is 5.11. The highest BCUT2D eigenvalue weighted by Gasteiger charge is 2.03. The quantitative estimate of drug-likeness (QED) is 0.749. The summed E-state index contributed by atoms with van der Waals surface area (Å²) in [5.41, 5.74) is 4.02. The number of hydrogen-bond acceptors (Lipinski definition) is 2. The molecule has 2 aromatic carbocycles. The highest BCUT2D eigenvalue weighted by molar-refractivity contribution is 9.13. The van der Waals surface area contributed by atoms with Crippen molar-refractivity contribution in [1.29, 1.82) is 0 Å². The molecule has 112 valence electrons. The first-order valence-corrected chi connectivity index (χ1v) is 8.51. The molecule has 0 aliphatic heterocycles. The lowest BCUT2D eigenvalue weighted by atomic mass is 10.1. The van der Waals surface area contributed by atoms with E-state index in [2.05, 4.69) is 98.6 Å². The minimum atomic E-state index is 0.863. The van der Waals surface area contributed by atoms with E-state index in [4.69, 9.17) is 0 Å². The smallest absolute Gasteiger partial charge is 0.0320 e. The van der Waals surface area contributed by atoms with Gasteiger partial charge in [-0.15, -0.1) is 0 Å². The first kappa shape index (κ1) is 16.7. The van der Waals surface area contributed by atoms with Crippen LogP contribution in [0.2, 0.25) is 0 Å². The maximum absolute atomic E-state index is 3.54. The Hall–Kier alpha value is -0.680. The molecule has 0 aliphatic rings. The maximum atomic E-state index is 3.54. The number of halogens is 2. The zero-order chi connectivity index (χ0) is 15.2. The van der Waals surface area contributed by atoms with E-state index in [9.17, 15) is 0 Å². The largest absolute Gasteiger partial charge is 0.309 e. The summed E-state index contributed by atoms with van der Waals surface area (Å²) in [6, 6.07) is 15.0. The second kappa shape index (κ2) is 8.08. The fourth-order valence-corrected chi connectivity index (χ4v) is 2.89. The zero-order valence-electron chi connectivity index (χ0n) is 12.4. The second-order valence-electron chi connectivity index (χ2n) is 5.36. The first-order valence-electron chi connectivity index (χ1n) is 6.92. The van der Waals surface area contributed by atoms with Gasteiger partial charge >= 0.3 is 0 Å². The molecule has 4 heteroatoms. The lowest BCUT2D eigenvalue weighted by Crippen LogP contribution is -2.17. The highest BCUT2D eigenvalue weighted by atomic mass is 79.9. The Morgan fingerprint density at radius 1 is 0.905 bits per heavy atom. The van der Waals surface area contributed by atoms with Gasteiger partial charge in [-0.2, -0.15) is 0 Å². The van der Waals surface area contributed by atoms with E-state index in [0.29, 0.717) is 0 Å². The Bertz CT molecular complexity index is 597. The summed E-state index contributed by atoms with van der Waals surface area (Å²) in [5.74, 6) is 0. The van der Waals surface area contributed by atoms with Crippen LogP contribution in [0.1, 0.15) is 16.7 Å². The third-order valence-electron chi connectivity index (χ3n) is 3.23. The van der Waals surface area contributed by atoms with Crippen LogP contribution in [0, 0.1) is 0 Å². The molecule has 1 N–H and O–H groups in total. The Labute approximate surface area is 143 Å². The summed E-state index contributed by atoms with van der Waals surface area (Å²) in [6.45, 7) is 2.72. The fourth-order valence-electron chi connectivity index (χ4n) is 2.22. The zero-order valence-corrected chi connectivity index (χ0v) is 15.5. The van der Waals surface area contributed by atoms with E-state index >= 15 is 0 Å². The maximum Gasteiger partial charge on any atom is 0.0320 e. The van der Waals surface area contributed by atoms with Crippen molar-refractivity contribution >= 4 is 31.9 Å². The molecule has 0 saturated carbocycles. The Morgan fingerprint density at radius 3 is 2.29 bits per heavy atom. The predicted molar refractivity (Wildman–Crippen MR) is 96.2 cm³/mol. The topological polar surface area (TPSA) is 15.3 Å². The average Bonchev–Trinajstić information content (AvgIpc) is 2.44. The molecule has 0 saturated heterocycles. The number of nitrogens with zero attached hydrogens (tertiary/aromatic N) is 1. The Balaban J connectivity index is 1.95. The fraction of sp³-hybridized carbons (Fsp3) is 0.294. The van der Waals surface area contributed by atoms with Crippen molar-refractivity contribution in [2.75, 3.05) is 14.1 Å². The molecule has 0 aromatic heterocycles. The van der Waals surface area contributed by atoms with E-state index in [0.717, 1.165) is 28.6 Å². The minimum Gasteiger partial charge on any atom is -0.309 e. The molecule has 0 unspecified atom stereocenters. The highest BCUT2D eigenvalue weighted by Crippen LogP contribution is 2.23. The molecule has 0 atom stereocenters. The number of rotatable bonds is 6. The van der Waals surface area contributed by atoms with Gasteiger partial charge in [0.15, 0.2) is 0 Å². The SMILES string of the molecule is CN(C)Cc1ccccc1CNCc1ccc(Br)c(Br)c1. The molecule has 2 nitrogen and oxygen atoms in total. The van der Waals surface area contributed by atoms with Crippen LogP contribution in [-0.2, 0) is 19.6 Å². The lowest BCUT2D eigenvalue weighted by molar-refractivity contribution is 0.400. The van der Waals surface area contributed by atoms with Gasteiger partial charge in [0.25, 0.3) is 0 Å². The van der Waals surface area contributed by atoms with Crippen LogP contribution in [-0.4, -0.2) is 19.0 Å². The molecule has 0 aliphatic carbocycles. The summed E-state index contributed by atoms with van der Waals surface area (Å²) in [6.07, 6.45) is 0. The number of benzene rings is 2. The van der Waals surface area contributed by atoms with Crippen molar-refractivity contribution in [2.24, 2.45) is 0 Å². The van der Waals surface area contributed by atoms with E-state index in [-0.39, 0.29) is 0 Å². The van der Waals surface area contributed by atoms with E-state index < -0.39 is 0 Å². The van der Waals surface area contributed by atoms with Crippen molar-refractivity contribution < 1.29 is 0 Å². The number of nitrogens with one attached hydrogen (secondary N) is 1. The second-order valence-corrected chi connectivity index (χ2v) is 7.07. The van der Waals surface area contributed by atoms with Crippen molar-refractivity contribution in [2.45, 2.75) is 19.6 Å². The summed E-state index contributed by atoms with van der Waals surface area (Å²) < 4.78 is 2.18. The van der Waals surface area contributed by atoms with Crippen LogP contribution in [0.3, 0.4) is 0 Å². The molecule has 2 rings (SSSR count). The molecule has 0 radical (unpaired) electrons. The first-order chi connectivity index (χ1) is 10.1. The summed E-state index contributed by atoms with van der Waals surface area (Å²) in [4.78, 5) is 2.20. The van der Waals surface area contributed by atoms with Gasteiger partial charge < -0.3 is 10.2 Å². The monoisotopic (exact) mass is 410 g/mol. The molecular formula is C17H20Br2N2. The van der Waals surface area contributed by atoms with Gasteiger partial charge in [0.05, 0.1) is 0 Å². The van der Waals surface area contributed by atoms with Crippen LogP contribution in [0.4, 0.5) is 0 Å². The predicted octanol–water partition coefficient (Wildman–Crippen LogP) is 4.56. The van der Waals surface area contributed by atoms with Gasteiger partial charge in [0.1, 0.15) is 0 Å². The molecule has 21 heavy (non-hydrogen) atoms. The molecule has 0 spiro atoms. The van der Waals surface area contributed by atoms with Crippen LogP contribution >= 0.6 is 31.9 Å². The van der Waals surface area contributed by atoms with E-state index in [1.807, 2.05) is 0 Å². The van der Waals surface area contributed by atoms with Crippen molar-refractivity contribution in [3.8, 4) is 0 Å². The Kier molecular flexibility index (Phi) is 6.42. The third kappa shape index (κ3) is 5.22. The molecule has 0 heterocycles. The minimum absolute atomic E-state index is 0.863. The van der Waals surface area contributed by atoms with Crippen molar-refractivity contribution in [1.82, 2.24) is 10.2 Å². The van der Waals surface area contributed by atoms with Crippen LogP contribution in [0.15, 0.2) is 51.4 Å². The van der Waals surface area contributed by atoms with Crippen LogP contribution in [0.5, 0.6) is 0 Å². The summed E-state index contributed by atoms with van der Waals surface area (Å²) in [5, 5.41) is 3.52. The van der Waals surface area contributed by atoms with Gasteiger partial charge in [0, 0.05) is 28.6 Å². The molecule has 0 bridgehead atoms. The molecule has 2 aromatic rings. The van der Waals surface area contributed by atoms with Gasteiger partial charge in [-0.05, 0) is 74.8 Å². The van der Waals surface area contributed by atoms with Gasteiger partial charge in [-0.3, -0.25) is 0 Å². The van der Waals surface area contributed by atoms with Crippen molar-refractivity contribution in [3.05, 3.63) is 68.1 Å². The van der Waals surface area contributed by atoms with Gasteiger partial charge in [-0.25, -0.2) is 0 Å². The Morgan fingerprint density at radius 2 is 1.62 bits per heavy atom. The van der Waals surface area contributed by atoms with Gasteiger partial charge in [0.2, 0.25) is 0 Å². The molecule has 0 amide bonds. The summed E-state index contributed by atoms with van der Waals surface area (Å²) in [7, 11) is 4.20. The van der Waals surface area contributed by atoms with Crippen LogP contribution < -0.4 is 5.32 Å². The van der Waals surface area contributed by atoms with Gasteiger partial charge in [-0.1, -0.05) is 30.3 Å². The normalized spacial score (nSPS) is 11.1. The van der Waals surface area contributed by atoms with Crippen molar-refractivity contribution in [3.63, 3.8) is 0 Å². The van der Waals surface area contributed by atoms with E-state index in [1.165, 1.54) is 16.7 Å². The summed E-state index contributed by atoms with van der Waals surface area (Å²) >= 11 is 7.04. The number of hydrogen-bond donors (Lipinski definition) is 1. The molecule has 0 fully saturated rings. The average molecular weight is 412 g/mol. The lowest BCUT2D eigenvalue weighted by Gasteiger charge is -2.14. The van der Waals surface area contributed by atoms with Crippen LogP contribution in [0.25, 0.3) is 0 Å².